The molecule has 1 N–H and O–H groups in total. The molecule has 0 unspecified atom stereocenters. The van der Waals surface area contributed by atoms with Gasteiger partial charge in [-0.05, 0) is 29.3 Å². The Hall–Kier alpha value is -3.07. The number of aromatic nitrogens is 1. The van der Waals surface area contributed by atoms with Gasteiger partial charge in [0.15, 0.2) is 5.78 Å². The van der Waals surface area contributed by atoms with E-state index in [1.807, 2.05) is 18.2 Å². The minimum absolute atomic E-state index is 0.0506. The summed E-state index contributed by atoms with van der Waals surface area (Å²) in [5.74, 6) is -0.685. The monoisotopic (exact) mass is 366 g/mol. The van der Waals surface area contributed by atoms with Crippen molar-refractivity contribution in [3.05, 3.63) is 78.0 Å². The number of rotatable bonds is 6. The summed E-state index contributed by atoms with van der Waals surface area (Å²) >= 11 is 0. The second kappa shape index (κ2) is 7.28. The molecule has 0 radical (unpaired) electrons. The van der Waals surface area contributed by atoms with Crippen LogP contribution in [0.1, 0.15) is 54.2 Å². The third-order valence-electron chi connectivity index (χ3n) is 4.56. The van der Waals surface area contributed by atoms with Gasteiger partial charge < -0.3 is 9.67 Å². The van der Waals surface area contributed by atoms with Crippen molar-refractivity contribution in [1.29, 1.82) is 0 Å². The van der Waals surface area contributed by atoms with Crippen LogP contribution in [0.3, 0.4) is 0 Å². The fraction of sp³-hybridized carbons (Fsp3) is 0.208. The lowest BCUT2D eigenvalue weighted by Crippen LogP contribution is -2.02. The number of aromatic hydroxyl groups is 1. The summed E-state index contributed by atoms with van der Waals surface area (Å²) in [6, 6.07) is 16.8. The number of carbonyl (C=O) groups is 1. The van der Waals surface area contributed by atoms with E-state index < -0.39 is 38.3 Å². The highest BCUT2D eigenvalue weighted by Gasteiger charge is 2.20. The highest BCUT2D eigenvalue weighted by Crippen LogP contribution is 2.33. The summed E-state index contributed by atoms with van der Waals surface area (Å²) in [6.45, 7) is -4.23. The van der Waals surface area contributed by atoms with Gasteiger partial charge in [0.2, 0.25) is 0 Å². The van der Waals surface area contributed by atoms with Gasteiger partial charge in [-0.2, -0.15) is 0 Å². The first kappa shape index (κ1) is 9.75. The smallest absolute Gasteiger partial charge is 0.195 e. The molecule has 3 nitrogen and oxygen atoms in total. The van der Waals surface area contributed by atoms with Gasteiger partial charge in [-0.3, -0.25) is 4.79 Å². The lowest BCUT2D eigenvalue weighted by atomic mass is 9.97. The molecule has 0 aliphatic rings. The zero-order chi connectivity index (χ0) is 26.7. The average molecular weight is 367 g/mol. The van der Waals surface area contributed by atoms with E-state index in [2.05, 4.69) is 0 Å². The van der Waals surface area contributed by atoms with Gasteiger partial charge in [0, 0.05) is 30.6 Å². The molecule has 27 heavy (non-hydrogen) atoms. The fourth-order valence-electron chi connectivity index (χ4n) is 3.37. The minimum atomic E-state index is -3.50. The molecule has 0 saturated carbocycles. The molecule has 4 rings (SSSR count). The summed E-state index contributed by atoms with van der Waals surface area (Å²) in [6.07, 6.45) is -8.66. The second-order valence-corrected chi connectivity index (χ2v) is 6.12. The van der Waals surface area contributed by atoms with Gasteiger partial charge in [-0.25, -0.2) is 0 Å². The van der Waals surface area contributed by atoms with Crippen LogP contribution in [0.4, 0.5) is 0 Å². The Morgan fingerprint density at radius 1 is 1.04 bits per heavy atom. The number of benzene rings is 3. The van der Waals surface area contributed by atoms with E-state index in [1.54, 1.807) is 24.3 Å². The Kier molecular flexibility index (Phi) is 2.63. The number of hydrogen-bond donors (Lipinski definition) is 1. The molecule has 0 bridgehead atoms. The summed E-state index contributed by atoms with van der Waals surface area (Å²) in [5, 5.41) is 12.2. The van der Waals surface area contributed by atoms with Crippen LogP contribution in [0, 0.1) is 0 Å². The van der Waals surface area contributed by atoms with Gasteiger partial charge in [0.25, 0.3) is 0 Å². The Bertz CT molecular complexity index is 1470. The van der Waals surface area contributed by atoms with Crippen LogP contribution in [0.15, 0.2) is 66.9 Å². The molecule has 0 spiro atoms. The Morgan fingerprint density at radius 3 is 2.74 bits per heavy atom. The molecule has 3 aromatic carbocycles. The normalized spacial score (nSPS) is 18.3. The lowest BCUT2D eigenvalue weighted by molar-refractivity contribution is 0.104. The molecule has 1 heterocycles. The van der Waals surface area contributed by atoms with Gasteiger partial charge in [-0.1, -0.05) is 68.1 Å². The third kappa shape index (κ3) is 3.10. The highest BCUT2D eigenvalue weighted by molar-refractivity contribution is 6.22. The number of aryl methyl sites for hydroxylation is 1. The Morgan fingerprint density at radius 2 is 1.85 bits per heavy atom. The van der Waals surface area contributed by atoms with Gasteiger partial charge in [-0.15, -0.1) is 0 Å². The van der Waals surface area contributed by atoms with Crippen molar-refractivity contribution in [3.63, 3.8) is 0 Å². The molecular formula is C24H23NO2. The van der Waals surface area contributed by atoms with Crippen molar-refractivity contribution in [3.8, 4) is 5.75 Å². The number of phenols is 1. The molecule has 0 atom stereocenters. The molecule has 136 valence electrons. The van der Waals surface area contributed by atoms with Crippen LogP contribution in [-0.2, 0) is 6.54 Å². The minimum Gasteiger partial charge on any atom is -0.507 e. The zero-order valence-corrected chi connectivity index (χ0v) is 14.4. The van der Waals surface area contributed by atoms with E-state index in [0.717, 1.165) is 5.39 Å². The molecule has 0 amide bonds. The highest BCUT2D eigenvalue weighted by atomic mass is 16.3. The van der Waals surface area contributed by atoms with Crippen LogP contribution < -0.4 is 0 Å². The van der Waals surface area contributed by atoms with Crippen molar-refractivity contribution >= 4 is 27.5 Å². The van der Waals surface area contributed by atoms with Crippen molar-refractivity contribution in [2.24, 2.45) is 0 Å². The largest absolute Gasteiger partial charge is 0.507 e. The number of phenolic OH excluding ortho intramolecular Hbond substituents is 1. The molecule has 3 heteroatoms. The number of hydrogen-bond acceptors (Lipinski definition) is 2. The summed E-state index contributed by atoms with van der Waals surface area (Å²) in [4.78, 5) is 13.7. The van der Waals surface area contributed by atoms with E-state index in [0.29, 0.717) is 10.9 Å². The standard InChI is InChI=1S/C24H23NO2/c1-2-3-6-15-25-16-20(23-21(25)13-8-14-22(23)26)24(27)19-12-7-10-17-9-4-5-11-18(17)19/h4-5,7-14,16,26H,2-3,6,15H2,1H3/i1D3,2D2,3D2,6D2. The van der Waals surface area contributed by atoms with Crippen molar-refractivity contribution < 1.29 is 22.2 Å². The van der Waals surface area contributed by atoms with Crippen molar-refractivity contribution in [2.45, 2.75) is 32.5 Å². The molecule has 1 aromatic heterocycles. The van der Waals surface area contributed by atoms with Gasteiger partial charge in [0.1, 0.15) is 5.75 Å². The Labute approximate surface area is 171 Å². The van der Waals surface area contributed by atoms with Crippen LogP contribution in [-0.4, -0.2) is 15.5 Å². The van der Waals surface area contributed by atoms with E-state index >= 15 is 0 Å². The number of carbonyl (C=O) groups excluding carboxylic acids is 1. The van der Waals surface area contributed by atoms with Crippen LogP contribution >= 0.6 is 0 Å². The zero-order valence-electron chi connectivity index (χ0n) is 23.4. The summed E-state index contributed by atoms with van der Waals surface area (Å²) in [5.41, 5.74) is 0.620. The molecule has 0 fully saturated rings. The SMILES string of the molecule is [2H]C([2H])([2H])C([2H])([2H])C([2H])([2H])C([2H])([2H])Cn1cc(C(=O)c2cccc3ccccc23)c2c(O)cccc21. The van der Waals surface area contributed by atoms with E-state index in [-0.39, 0.29) is 22.2 Å². The van der Waals surface area contributed by atoms with Gasteiger partial charge >= 0.3 is 0 Å². The van der Waals surface area contributed by atoms with Gasteiger partial charge in [0.05, 0.1) is 16.5 Å². The molecule has 0 aliphatic heterocycles. The summed E-state index contributed by atoms with van der Waals surface area (Å²) < 4.78 is 72.1. The van der Waals surface area contributed by atoms with Crippen LogP contribution in [0.25, 0.3) is 21.7 Å². The number of ketones is 1. The first-order chi connectivity index (χ1) is 16.6. The van der Waals surface area contributed by atoms with Crippen LogP contribution in [0.2, 0.25) is 0 Å². The van der Waals surface area contributed by atoms with Crippen molar-refractivity contribution in [2.75, 3.05) is 0 Å². The molecule has 0 saturated heterocycles. The van der Waals surface area contributed by atoms with E-state index in [1.165, 1.54) is 29.0 Å². The topological polar surface area (TPSA) is 42.2 Å². The molecule has 0 aliphatic carbocycles. The number of nitrogens with zero attached hydrogens (tertiary/aromatic N) is 1. The summed E-state index contributed by atoms with van der Waals surface area (Å²) in [7, 11) is 0. The van der Waals surface area contributed by atoms with Crippen LogP contribution in [0.5, 0.6) is 5.75 Å². The van der Waals surface area contributed by atoms with Crippen molar-refractivity contribution in [1.82, 2.24) is 4.57 Å². The predicted molar refractivity (Wildman–Crippen MR) is 111 cm³/mol. The second-order valence-electron chi connectivity index (χ2n) is 6.12. The van der Waals surface area contributed by atoms with E-state index in [4.69, 9.17) is 12.3 Å². The maximum Gasteiger partial charge on any atom is 0.195 e. The fourth-order valence-corrected chi connectivity index (χ4v) is 3.37. The molecule has 4 aromatic rings. The predicted octanol–water partition coefficient (Wildman–Crippen LogP) is 5.92. The molecular weight excluding hydrogens is 334 g/mol. The first-order valence-electron chi connectivity index (χ1n) is 12.9. The lowest BCUT2D eigenvalue weighted by Gasteiger charge is -2.05. The maximum atomic E-state index is 13.7. The first-order valence-corrected chi connectivity index (χ1v) is 8.43. The maximum absolute atomic E-state index is 13.7. The third-order valence-corrected chi connectivity index (χ3v) is 4.56. The quantitative estimate of drug-likeness (QED) is 0.430. The van der Waals surface area contributed by atoms with E-state index in [9.17, 15) is 9.90 Å². The number of fused-ring (bicyclic) bond motifs is 2. The average Bonchev–Trinajstić information content (AvgIpc) is 3.16. The Balaban J connectivity index is 1.85.